The topological polar surface area (TPSA) is 29.9 Å². The zero-order valence-corrected chi connectivity index (χ0v) is 16.0. The molecule has 0 radical (unpaired) electrons. The summed E-state index contributed by atoms with van der Waals surface area (Å²) in [5.41, 5.74) is 1.17. The fraction of sp³-hybridized carbons (Fsp3) is 0.533. The quantitative estimate of drug-likeness (QED) is 0.713. The minimum atomic E-state index is 0.310. The van der Waals surface area contributed by atoms with Gasteiger partial charge in [0.05, 0.1) is 15.5 Å². The normalized spacial score (nSPS) is 17.5. The molecule has 0 bridgehead atoms. The van der Waals surface area contributed by atoms with Crippen LogP contribution in [0.4, 0.5) is 0 Å². The van der Waals surface area contributed by atoms with Crippen LogP contribution in [0.3, 0.4) is 0 Å². The van der Waals surface area contributed by atoms with E-state index in [2.05, 4.69) is 60.2 Å². The van der Waals surface area contributed by atoms with Gasteiger partial charge < -0.3 is 5.32 Å². The number of hydrogen-bond acceptors (Lipinski definition) is 3. The van der Waals surface area contributed by atoms with Gasteiger partial charge in [-0.1, -0.05) is 12.8 Å². The summed E-state index contributed by atoms with van der Waals surface area (Å²) in [4.78, 5) is 1.33. The Morgan fingerprint density at radius 1 is 1.43 bits per heavy atom. The van der Waals surface area contributed by atoms with Crippen molar-refractivity contribution >= 4 is 43.2 Å². The number of nitrogens with zero attached hydrogens (tertiary/aromatic N) is 2. The number of hydrogen-bond donors (Lipinski definition) is 1. The third-order valence-corrected chi connectivity index (χ3v) is 7.50. The number of rotatable bonds is 5. The van der Waals surface area contributed by atoms with Gasteiger partial charge in [0.1, 0.15) is 0 Å². The van der Waals surface area contributed by atoms with Gasteiger partial charge in [-0.05, 0) is 63.9 Å². The van der Waals surface area contributed by atoms with Crippen molar-refractivity contribution in [2.75, 3.05) is 7.05 Å². The second-order valence-electron chi connectivity index (χ2n) is 5.54. The second kappa shape index (κ2) is 6.94. The second-order valence-corrected chi connectivity index (χ2v) is 8.80. The van der Waals surface area contributed by atoms with Gasteiger partial charge in [-0.25, -0.2) is 0 Å². The first-order valence-electron chi connectivity index (χ1n) is 7.33. The molecule has 1 fully saturated rings. The Morgan fingerprint density at radius 3 is 2.81 bits per heavy atom. The van der Waals surface area contributed by atoms with Crippen LogP contribution in [-0.4, -0.2) is 16.8 Å². The first kappa shape index (κ1) is 15.7. The van der Waals surface area contributed by atoms with Crippen molar-refractivity contribution < 1.29 is 0 Å². The van der Waals surface area contributed by atoms with Crippen molar-refractivity contribution in [2.45, 2.75) is 44.2 Å². The molecule has 2 aromatic rings. The van der Waals surface area contributed by atoms with Gasteiger partial charge in [-0.2, -0.15) is 5.10 Å². The molecule has 2 aromatic heterocycles. The minimum Gasteiger partial charge on any atom is -0.312 e. The lowest BCUT2D eigenvalue weighted by molar-refractivity contribution is 0.459. The fourth-order valence-corrected chi connectivity index (χ4v) is 5.15. The van der Waals surface area contributed by atoms with Crippen LogP contribution in [-0.2, 0) is 6.42 Å². The summed E-state index contributed by atoms with van der Waals surface area (Å²) in [6.07, 6.45) is 8.32. The van der Waals surface area contributed by atoms with E-state index in [1.54, 1.807) is 11.3 Å². The Balaban J connectivity index is 1.71. The van der Waals surface area contributed by atoms with E-state index in [0.717, 1.165) is 14.7 Å². The molecule has 114 valence electrons. The molecule has 1 aliphatic rings. The van der Waals surface area contributed by atoms with Crippen molar-refractivity contribution in [1.82, 2.24) is 15.1 Å². The summed E-state index contributed by atoms with van der Waals surface area (Å²) < 4.78 is 4.45. The summed E-state index contributed by atoms with van der Waals surface area (Å²) >= 11 is 8.91. The zero-order valence-electron chi connectivity index (χ0n) is 12.0. The van der Waals surface area contributed by atoms with Gasteiger partial charge in [0.15, 0.2) is 0 Å². The molecular weight excluding hydrogens is 414 g/mol. The van der Waals surface area contributed by atoms with Crippen LogP contribution >= 0.6 is 43.2 Å². The maximum Gasteiger partial charge on any atom is 0.0843 e. The molecule has 1 saturated carbocycles. The van der Waals surface area contributed by atoms with Crippen LogP contribution < -0.4 is 5.32 Å². The molecule has 0 amide bonds. The highest BCUT2D eigenvalue weighted by molar-refractivity contribution is 9.13. The average Bonchev–Trinajstić information content (AvgIpc) is 3.18. The zero-order chi connectivity index (χ0) is 14.8. The summed E-state index contributed by atoms with van der Waals surface area (Å²) in [6, 6.07) is 5.28. The Kier molecular flexibility index (Phi) is 5.19. The van der Waals surface area contributed by atoms with E-state index in [-0.39, 0.29) is 0 Å². The Morgan fingerprint density at radius 2 is 2.19 bits per heavy atom. The highest BCUT2D eigenvalue weighted by Gasteiger charge is 2.19. The highest BCUT2D eigenvalue weighted by Crippen LogP contribution is 2.36. The van der Waals surface area contributed by atoms with Crippen LogP contribution in [0.25, 0.3) is 0 Å². The number of nitrogens with one attached hydrogen (secondary N) is 1. The molecule has 1 N–H and O–H groups in total. The summed E-state index contributed by atoms with van der Waals surface area (Å²) in [5.74, 6) is 0. The molecule has 1 unspecified atom stereocenters. The first-order chi connectivity index (χ1) is 10.2. The van der Waals surface area contributed by atoms with E-state index in [9.17, 15) is 0 Å². The number of halogens is 2. The largest absolute Gasteiger partial charge is 0.312 e. The molecule has 21 heavy (non-hydrogen) atoms. The fourth-order valence-electron chi connectivity index (χ4n) is 2.95. The van der Waals surface area contributed by atoms with Crippen LogP contribution in [0.2, 0.25) is 0 Å². The Hall–Kier alpha value is -0.170. The third kappa shape index (κ3) is 3.60. The summed E-state index contributed by atoms with van der Waals surface area (Å²) in [5, 5.41) is 8.20. The van der Waals surface area contributed by atoms with Gasteiger partial charge in [0, 0.05) is 28.0 Å². The van der Waals surface area contributed by atoms with E-state index in [1.165, 1.54) is 36.3 Å². The maximum atomic E-state index is 4.79. The lowest BCUT2D eigenvalue weighted by Gasteiger charge is -2.13. The van der Waals surface area contributed by atoms with E-state index < -0.39 is 0 Å². The third-order valence-electron chi connectivity index (χ3n) is 4.13. The van der Waals surface area contributed by atoms with Crippen LogP contribution in [0, 0.1) is 0 Å². The molecule has 1 aliphatic carbocycles. The van der Waals surface area contributed by atoms with Gasteiger partial charge in [-0.3, -0.25) is 4.68 Å². The Bertz CT molecular complexity index is 582. The SMILES string of the molecule is CNC(Cc1ccn(C2CCCC2)n1)c1cc(Br)c(Br)s1. The molecule has 0 aliphatic heterocycles. The van der Waals surface area contributed by atoms with Crippen molar-refractivity contribution in [1.29, 1.82) is 0 Å². The van der Waals surface area contributed by atoms with E-state index in [0.29, 0.717) is 12.1 Å². The highest BCUT2D eigenvalue weighted by atomic mass is 79.9. The Labute approximate surface area is 146 Å². The molecular formula is C15H19Br2N3S. The average molecular weight is 433 g/mol. The van der Waals surface area contributed by atoms with Crippen molar-refractivity contribution in [3.05, 3.63) is 37.2 Å². The summed E-state index contributed by atoms with van der Waals surface area (Å²) in [6.45, 7) is 0. The van der Waals surface area contributed by atoms with Crippen LogP contribution in [0.15, 0.2) is 26.6 Å². The molecule has 6 heteroatoms. The number of aromatic nitrogens is 2. The molecule has 0 aromatic carbocycles. The smallest absolute Gasteiger partial charge is 0.0843 e. The molecule has 0 spiro atoms. The van der Waals surface area contributed by atoms with E-state index >= 15 is 0 Å². The van der Waals surface area contributed by atoms with Gasteiger partial charge in [-0.15, -0.1) is 11.3 Å². The van der Waals surface area contributed by atoms with Crippen molar-refractivity contribution in [3.63, 3.8) is 0 Å². The minimum absolute atomic E-state index is 0.310. The number of thiophene rings is 1. The van der Waals surface area contributed by atoms with Crippen molar-refractivity contribution in [2.24, 2.45) is 0 Å². The van der Waals surface area contributed by atoms with Crippen LogP contribution in [0.1, 0.15) is 48.3 Å². The van der Waals surface area contributed by atoms with Crippen molar-refractivity contribution in [3.8, 4) is 0 Å². The van der Waals surface area contributed by atoms with E-state index in [1.807, 2.05) is 7.05 Å². The van der Waals surface area contributed by atoms with Crippen LogP contribution in [0.5, 0.6) is 0 Å². The standard InChI is InChI=1S/C15H19Br2N3S/c1-18-13(14-9-12(16)15(17)21-14)8-10-6-7-20(19-10)11-4-2-3-5-11/h6-7,9,11,13,18H,2-5,8H2,1H3. The predicted molar refractivity (Wildman–Crippen MR) is 95.0 cm³/mol. The predicted octanol–water partition coefficient (Wildman–Crippen LogP) is 5.09. The lowest BCUT2D eigenvalue weighted by atomic mass is 10.1. The number of likely N-dealkylation sites (N-methyl/N-ethyl adjacent to an activating group) is 1. The first-order valence-corrected chi connectivity index (χ1v) is 9.73. The maximum absolute atomic E-state index is 4.79. The molecule has 1 atom stereocenters. The molecule has 3 rings (SSSR count). The lowest BCUT2D eigenvalue weighted by Crippen LogP contribution is -2.18. The summed E-state index contributed by atoms with van der Waals surface area (Å²) in [7, 11) is 2.01. The molecule has 3 nitrogen and oxygen atoms in total. The molecule has 2 heterocycles. The van der Waals surface area contributed by atoms with Gasteiger partial charge >= 0.3 is 0 Å². The van der Waals surface area contributed by atoms with E-state index in [4.69, 9.17) is 5.10 Å². The van der Waals surface area contributed by atoms with Gasteiger partial charge in [0.25, 0.3) is 0 Å². The van der Waals surface area contributed by atoms with Gasteiger partial charge in [0.2, 0.25) is 0 Å². The monoisotopic (exact) mass is 431 g/mol. The molecule has 0 saturated heterocycles.